The Kier molecular flexibility index (Phi) is 7.54. The van der Waals surface area contributed by atoms with Gasteiger partial charge in [0.1, 0.15) is 6.10 Å². The summed E-state index contributed by atoms with van der Waals surface area (Å²) in [5.41, 5.74) is 2.52. The molecule has 0 bridgehead atoms. The molecule has 3 rings (SSSR count). The van der Waals surface area contributed by atoms with Gasteiger partial charge >= 0.3 is 12.1 Å². The van der Waals surface area contributed by atoms with E-state index in [1.54, 1.807) is 4.90 Å². The van der Waals surface area contributed by atoms with Gasteiger partial charge < -0.3 is 25.6 Å². The quantitative estimate of drug-likeness (QED) is 0.666. The van der Waals surface area contributed by atoms with Crippen LogP contribution in [-0.4, -0.2) is 42.7 Å². The zero-order valence-corrected chi connectivity index (χ0v) is 17.9. The van der Waals surface area contributed by atoms with E-state index in [2.05, 4.69) is 16.0 Å². The standard InChI is InChI=1S/C22H27ClN4O3/c1-15(2)25-21(28)26-17-9-7-16(8-10-17)13-24-22(29)27-11-12-30-20(14-27)18-5-3-4-6-19(18)23/h3-10,15,20H,11-14H2,1-2H3,(H,24,29)(H2,25,26,28). The summed E-state index contributed by atoms with van der Waals surface area (Å²) < 4.78 is 5.81. The predicted octanol–water partition coefficient (Wildman–Crippen LogP) is 4.15. The molecule has 2 aromatic rings. The average Bonchev–Trinajstić information content (AvgIpc) is 2.73. The summed E-state index contributed by atoms with van der Waals surface area (Å²) in [5.74, 6) is 0. The second-order valence-corrected chi connectivity index (χ2v) is 7.84. The van der Waals surface area contributed by atoms with Crippen molar-refractivity contribution >= 4 is 29.4 Å². The second-order valence-electron chi connectivity index (χ2n) is 7.44. The fourth-order valence-corrected chi connectivity index (χ4v) is 3.44. The number of nitrogens with zero attached hydrogens (tertiary/aromatic N) is 1. The number of rotatable bonds is 5. The van der Waals surface area contributed by atoms with Gasteiger partial charge in [-0.05, 0) is 37.6 Å². The van der Waals surface area contributed by atoms with Crippen molar-refractivity contribution in [3.63, 3.8) is 0 Å². The van der Waals surface area contributed by atoms with Crippen LogP contribution in [0.2, 0.25) is 5.02 Å². The number of hydrogen-bond acceptors (Lipinski definition) is 3. The molecule has 0 radical (unpaired) electrons. The Hall–Kier alpha value is -2.77. The summed E-state index contributed by atoms with van der Waals surface area (Å²) in [4.78, 5) is 26.1. The Morgan fingerprint density at radius 1 is 1.17 bits per heavy atom. The van der Waals surface area contributed by atoms with E-state index < -0.39 is 0 Å². The molecule has 0 spiro atoms. The van der Waals surface area contributed by atoms with Crippen molar-refractivity contribution in [2.45, 2.75) is 32.5 Å². The van der Waals surface area contributed by atoms with E-state index in [1.165, 1.54) is 0 Å². The summed E-state index contributed by atoms with van der Waals surface area (Å²) in [6.45, 7) is 5.63. The third kappa shape index (κ3) is 6.11. The number of amides is 4. The van der Waals surface area contributed by atoms with Crippen molar-refractivity contribution in [2.24, 2.45) is 0 Å². The zero-order valence-electron chi connectivity index (χ0n) is 17.2. The van der Waals surface area contributed by atoms with Gasteiger partial charge in [-0.2, -0.15) is 0 Å². The normalized spacial score (nSPS) is 16.3. The van der Waals surface area contributed by atoms with Gasteiger partial charge in [0.15, 0.2) is 0 Å². The number of halogens is 1. The van der Waals surface area contributed by atoms with E-state index in [9.17, 15) is 9.59 Å². The van der Waals surface area contributed by atoms with E-state index in [0.29, 0.717) is 37.0 Å². The number of benzene rings is 2. The highest BCUT2D eigenvalue weighted by Gasteiger charge is 2.26. The highest BCUT2D eigenvalue weighted by Crippen LogP contribution is 2.28. The summed E-state index contributed by atoms with van der Waals surface area (Å²) >= 11 is 6.27. The van der Waals surface area contributed by atoms with Crippen LogP contribution in [0.1, 0.15) is 31.1 Å². The highest BCUT2D eigenvalue weighted by atomic mass is 35.5. The van der Waals surface area contributed by atoms with Crippen LogP contribution >= 0.6 is 11.6 Å². The third-order valence-corrected chi connectivity index (χ3v) is 5.03. The molecule has 0 aliphatic carbocycles. The van der Waals surface area contributed by atoms with Crippen LogP contribution in [0.25, 0.3) is 0 Å². The summed E-state index contributed by atoms with van der Waals surface area (Å²) in [6.07, 6.45) is -0.236. The minimum atomic E-state index is -0.244. The van der Waals surface area contributed by atoms with Gasteiger partial charge in [-0.3, -0.25) is 0 Å². The molecule has 1 aliphatic rings. The Morgan fingerprint density at radius 3 is 2.60 bits per heavy atom. The molecule has 2 aromatic carbocycles. The van der Waals surface area contributed by atoms with Crippen LogP contribution in [0.3, 0.4) is 0 Å². The Morgan fingerprint density at radius 2 is 1.90 bits per heavy atom. The molecule has 8 heteroatoms. The Bertz CT molecular complexity index is 873. The van der Waals surface area contributed by atoms with Crippen molar-refractivity contribution in [3.05, 3.63) is 64.7 Å². The van der Waals surface area contributed by atoms with Crippen LogP contribution in [0.5, 0.6) is 0 Å². The summed E-state index contributed by atoms with van der Waals surface area (Å²) in [6, 6.07) is 14.6. The van der Waals surface area contributed by atoms with E-state index in [0.717, 1.165) is 11.1 Å². The number of hydrogen-bond donors (Lipinski definition) is 3. The van der Waals surface area contributed by atoms with Crippen LogP contribution in [0.15, 0.2) is 48.5 Å². The van der Waals surface area contributed by atoms with E-state index in [-0.39, 0.29) is 24.2 Å². The van der Waals surface area contributed by atoms with Crippen molar-refractivity contribution in [3.8, 4) is 0 Å². The number of morpholine rings is 1. The molecule has 0 saturated carbocycles. The first kappa shape index (κ1) is 21.9. The molecule has 160 valence electrons. The Balaban J connectivity index is 1.50. The van der Waals surface area contributed by atoms with Crippen molar-refractivity contribution < 1.29 is 14.3 Å². The number of urea groups is 2. The molecule has 0 aromatic heterocycles. The van der Waals surface area contributed by atoms with Crippen LogP contribution < -0.4 is 16.0 Å². The van der Waals surface area contributed by atoms with Crippen LogP contribution in [0, 0.1) is 0 Å². The maximum absolute atomic E-state index is 12.6. The largest absolute Gasteiger partial charge is 0.370 e. The molecule has 4 amide bonds. The van der Waals surface area contributed by atoms with Gasteiger partial charge in [-0.1, -0.05) is 41.9 Å². The first-order valence-corrected chi connectivity index (χ1v) is 10.4. The first-order chi connectivity index (χ1) is 14.4. The number of nitrogens with one attached hydrogen (secondary N) is 3. The molecular weight excluding hydrogens is 404 g/mol. The lowest BCUT2D eigenvalue weighted by molar-refractivity contribution is -0.0154. The first-order valence-electron chi connectivity index (χ1n) is 9.97. The minimum absolute atomic E-state index is 0.0668. The van der Waals surface area contributed by atoms with Gasteiger partial charge in [0.2, 0.25) is 0 Å². The molecule has 1 fully saturated rings. The van der Waals surface area contributed by atoms with Crippen LogP contribution in [-0.2, 0) is 11.3 Å². The van der Waals surface area contributed by atoms with Gasteiger partial charge in [-0.15, -0.1) is 0 Å². The third-order valence-electron chi connectivity index (χ3n) is 4.68. The molecule has 3 N–H and O–H groups in total. The number of ether oxygens (including phenoxy) is 1. The van der Waals surface area contributed by atoms with Crippen molar-refractivity contribution in [1.29, 1.82) is 0 Å². The molecule has 1 aliphatic heterocycles. The molecule has 1 heterocycles. The monoisotopic (exact) mass is 430 g/mol. The average molecular weight is 431 g/mol. The number of carbonyl (C=O) groups excluding carboxylic acids is 2. The molecule has 1 saturated heterocycles. The zero-order chi connectivity index (χ0) is 21.5. The van der Waals surface area contributed by atoms with E-state index in [4.69, 9.17) is 16.3 Å². The maximum atomic E-state index is 12.6. The van der Waals surface area contributed by atoms with Crippen molar-refractivity contribution in [2.75, 3.05) is 25.0 Å². The SMILES string of the molecule is CC(C)NC(=O)Nc1ccc(CNC(=O)N2CCOC(c3ccccc3Cl)C2)cc1. The lowest BCUT2D eigenvalue weighted by Crippen LogP contribution is -2.47. The van der Waals surface area contributed by atoms with Gasteiger partial charge in [0.25, 0.3) is 0 Å². The number of anilines is 1. The summed E-state index contributed by atoms with van der Waals surface area (Å²) in [7, 11) is 0. The smallest absolute Gasteiger partial charge is 0.319 e. The molecule has 30 heavy (non-hydrogen) atoms. The van der Waals surface area contributed by atoms with Gasteiger partial charge in [0, 0.05) is 35.4 Å². The molecular formula is C22H27ClN4O3. The fourth-order valence-electron chi connectivity index (χ4n) is 3.18. The highest BCUT2D eigenvalue weighted by molar-refractivity contribution is 6.31. The van der Waals surface area contributed by atoms with Gasteiger partial charge in [-0.25, -0.2) is 9.59 Å². The van der Waals surface area contributed by atoms with E-state index in [1.807, 2.05) is 62.4 Å². The van der Waals surface area contributed by atoms with Crippen LogP contribution in [0.4, 0.5) is 15.3 Å². The van der Waals surface area contributed by atoms with Gasteiger partial charge in [0.05, 0.1) is 13.2 Å². The predicted molar refractivity (Wildman–Crippen MR) is 118 cm³/mol. The minimum Gasteiger partial charge on any atom is -0.370 e. The lowest BCUT2D eigenvalue weighted by Gasteiger charge is -2.33. The summed E-state index contributed by atoms with van der Waals surface area (Å²) in [5, 5.41) is 9.12. The molecule has 1 atom stereocenters. The number of carbonyl (C=O) groups is 2. The maximum Gasteiger partial charge on any atom is 0.319 e. The molecule has 7 nitrogen and oxygen atoms in total. The van der Waals surface area contributed by atoms with Crippen molar-refractivity contribution in [1.82, 2.24) is 15.5 Å². The van der Waals surface area contributed by atoms with E-state index >= 15 is 0 Å². The lowest BCUT2D eigenvalue weighted by atomic mass is 10.1. The fraction of sp³-hybridized carbons (Fsp3) is 0.364. The second kappa shape index (κ2) is 10.3. The Labute approximate surface area is 181 Å². The molecule has 1 unspecified atom stereocenters. The topological polar surface area (TPSA) is 82.7 Å².